The van der Waals surface area contributed by atoms with Crippen LogP contribution in [0.2, 0.25) is 6.32 Å². The highest BCUT2D eigenvalue weighted by Gasteiger charge is 2.53. The lowest BCUT2D eigenvalue weighted by Crippen LogP contribution is -2.41. The molecule has 4 nitrogen and oxygen atoms in total. The van der Waals surface area contributed by atoms with Crippen molar-refractivity contribution in [3.8, 4) is 0 Å². The van der Waals surface area contributed by atoms with Crippen molar-refractivity contribution in [2.75, 3.05) is 5.32 Å². The van der Waals surface area contributed by atoms with Crippen LogP contribution in [-0.2, 0) is 26.7 Å². The minimum Gasteiger partial charge on any atom is -0.403 e. The molecule has 0 spiro atoms. The smallest absolute Gasteiger partial charge is 0.403 e. The molecule has 0 aromatic heterocycles. The quantitative estimate of drug-likeness (QED) is 0.554. The Labute approximate surface area is 187 Å². The fourth-order valence-electron chi connectivity index (χ4n) is 3.73. The maximum atomic E-state index is 13.4. The zero-order valence-electron chi connectivity index (χ0n) is 19.0. The number of anilines is 1. The molecule has 0 bridgehead atoms. The van der Waals surface area contributed by atoms with Crippen molar-refractivity contribution in [3.63, 3.8) is 0 Å². The first kappa shape index (κ1) is 24.3. The molecule has 8 heteroatoms. The number of hydrogen-bond donors (Lipinski definition) is 1. The third-order valence-corrected chi connectivity index (χ3v) is 6.37. The highest BCUT2D eigenvalue weighted by atomic mass is 19.4. The number of rotatable bonds is 6. The van der Waals surface area contributed by atoms with Crippen molar-refractivity contribution in [3.05, 3.63) is 65.7 Å². The van der Waals surface area contributed by atoms with Crippen molar-refractivity contribution in [1.29, 1.82) is 0 Å². The van der Waals surface area contributed by atoms with Gasteiger partial charge in [0.2, 0.25) is 5.91 Å². The van der Waals surface area contributed by atoms with Gasteiger partial charge in [-0.2, -0.15) is 13.2 Å². The summed E-state index contributed by atoms with van der Waals surface area (Å²) in [5.41, 5.74) is -1.49. The van der Waals surface area contributed by atoms with E-state index in [2.05, 4.69) is 5.32 Å². The van der Waals surface area contributed by atoms with E-state index in [9.17, 15) is 18.0 Å². The summed E-state index contributed by atoms with van der Waals surface area (Å²) in [7, 11) is -0.591. The zero-order chi connectivity index (χ0) is 23.8. The number of carbonyl (C=O) groups excluding carboxylic acids is 1. The number of nitrogens with one attached hydrogen (secondary N) is 1. The molecule has 2 aromatic carbocycles. The molecule has 0 radical (unpaired) electrons. The van der Waals surface area contributed by atoms with Crippen LogP contribution in [0.25, 0.3) is 0 Å². The molecule has 1 amide bonds. The largest absolute Gasteiger partial charge is 0.458 e. The van der Waals surface area contributed by atoms with Crippen molar-refractivity contribution in [2.24, 2.45) is 5.41 Å². The minimum absolute atomic E-state index is 0.293. The molecule has 2 aromatic rings. The van der Waals surface area contributed by atoms with Gasteiger partial charge in [-0.25, -0.2) is 0 Å². The Hall–Kier alpha value is -2.32. The fourth-order valence-corrected chi connectivity index (χ4v) is 3.73. The van der Waals surface area contributed by atoms with Crippen LogP contribution < -0.4 is 5.32 Å². The Bertz CT molecular complexity index is 929. The molecule has 1 aliphatic heterocycles. The molecule has 1 aliphatic rings. The van der Waals surface area contributed by atoms with Gasteiger partial charge < -0.3 is 14.6 Å². The van der Waals surface area contributed by atoms with Gasteiger partial charge in [0.05, 0.1) is 16.8 Å². The number of halogens is 3. The van der Waals surface area contributed by atoms with Crippen LogP contribution in [0.3, 0.4) is 0 Å². The van der Waals surface area contributed by atoms with E-state index in [1.165, 1.54) is 12.1 Å². The molecular formula is C24H29BF3NO3. The minimum atomic E-state index is -4.43. The molecule has 1 heterocycles. The van der Waals surface area contributed by atoms with Crippen LogP contribution in [0.15, 0.2) is 54.6 Å². The SMILES string of the molecule is CC(CB1OC(C)(C)C(C)(C)O1)(Cc1ccccc1)C(=O)Nc1ccc(C(F)(F)F)cc1. The zero-order valence-corrected chi connectivity index (χ0v) is 19.0. The number of benzene rings is 2. The molecule has 1 atom stereocenters. The topological polar surface area (TPSA) is 47.6 Å². The maximum absolute atomic E-state index is 13.4. The normalized spacial score (nSPS) is 19.4. The van der Waals surface area contributed by atoms with Gasteiger partial charge in [-0.15, -0.1) is 0 Å². The van der Waals surface area contributed by atoms with Gasteiger partial charge in [-0.05, 0) is 70.3 Å². The first-order chi connectivity index (χ1) is 14.7. The first-order valence-corrected chi connectivity index (χ1v) is 10.6. The second kappa shape index (κ2) is 8.56. The summed E-state index contributed by atoms with van der Waals surface area (Å²) in [6.45, 7) is 9.62. The van der Waals surface area contributed by atoms with Crippen molar-refractivity contribution in [2.45, 2.75) is 64.7 Å². The number of hydrogen-bond acceptors (Lipinski definition) is 3. The number of carbonyl (C=O) groups is 1. The molecule has 1 unspecified atom stereocenters. The van der Waals surface area contributed by atoms with E-state index in [4.69, 9.17) is 9.31 Å². The molecule has 1 fully saturated rings. The molecule has 1 N–H and O–H groups in total. The average Bonchev–Trinajstić information content (AvgIpc) is 2.88. The van der Waals surface area contributed by atoms with E-state index in [1.807, 2.05) is 65.0 Å². The highest BCUT2D eigenvalue weighted by molar-refractivity contribution is 6.46. The van der Waals surface area contributed by atoms with Crippen molar-refractivity contribution >= 4 is 18.7 Å². The standard InChI is InChI=1S/C24H29BF3NO3/c1-21(2)22(3,4)32-25(31-21)16-23(5,15-17-9-7-6-8-10-17)20(30)29-19-13-11-18(12-14-19)24(26,27)28/h6-14H,15-16H2,1-5H3,(H,29,30). The Balaban J connectivity index is 1.83. The summed E-state index contributed by atoms with van der Waals surface area (Å²) in [6.07, 6.45) is -3.72. The van der Waals surface area contributed by atoms with Gasteiger partial charge in [0, 0.05) is 11.1 Å². The summed E-state index contributed by atoms with van der Waals surface area (Å²) in [6, 6.07) is 14.0. The van der Waals surface area contributed by atoms with E-state index < -0.39 is 35.5 Å². The number of alkyl halides is 3. The van der Waals surface area contributed by atoms with Crippen LogP contribution >= 0.6 is 0 Å². The van der Waals surface area contributed by atoms with Crippen LogP contribution in [0.1, 0.15) is 45.7 Å². The average molecular weight is 447 g/mol. The molecule has 32 heavy (non-hydrogen) atoms. The second-order valence-electron chi connectivity index (χ2n) is 9.64. The third kappa shape index (κ3) is 5.35. The van der Waals surface area contributed by atoms with Crippen LogP contribution in [0.4, 0.5) is 18.9 Å². The van der Waals surface area contributed by atoms with Gasteiger partial charge in [-0.3, -0.25) is 4.79 Å². The Morgan fingerprint density at radius 2 is 1.47 bits per heavy atom. The Morgan fingerprint density at radius 3 is 1.97 bits per heavy atom. The molecule has 0 saturated carbocycles. The fraction of sp³-hybridized carbons (Fsp3) is 0.458. The first-order valence-electron chi connectivity index (χ1n) is 10.6. The van der Waals surface area contributed by atoms with Crippen molar-refractivity contribution in [1.82, 2.24) is 0 Å². The van der Waals surface area contributed by atoms with E-state index in [0.717, 1.165) is 17.7 Å². The van der Waals surface area contributed by atoms with E-state index in [0.29, 0.717) is 18.4 Å². The molecule has 1 saturated heterocycles. The van der Waals surface area contributed by atoms with E-state index >= 15 is 0 Å². The maximum Gasteiger partial charge on any atom is 0.458 e. The van der Waals surface area contributed by atoms with Crippen LogP contribution in [-0.4, -0.2) is 24.2 Å². The van der Waals surface area contributed by atoms with Gasteiger partial charge in [0.1, 0.15) is 0 Å². The molecule has 0 aliphatic carbocycles. The lowest BCUT2D eigenvalue weighted by Gasteiger charge is -2.32. The third-order valence-electron chi connectivity index (χ3n) is 6.37. The van der Waals surface area contributed by atoms with E-state index in [-0.39, 0.29) is 5.91 Å². The van der Waals surface area contributed by atoms with Gasteiger partial charge in [0.15, 0.2) is 0 Å². The molecule has 3 rings (SSSR count). The predicted molar refractivity (Wildman–Crippen MR) is 119 cm³/mol. The van der Waals surface area contributed by atoms with Crippen LogP contribution in [0, 0.1) is 5.41 Å². The monoisotopic (exact) mass is 447 g/mol. The predicted octanol–water partition coefficient (Wildman–Crippen LogP) is 5.99. The van der Waals surface area contributed by atoms with Gasteiger partial charge >= 0.3 is 13.3 Å². The summed E-state index contributed by atoms with van der Waals surface area (Å²) in [5, 5.41) is 2.78. The van der Waals surface area contributed by atoms with Gasteiger partial charge in [-0.1, -0.05) is 37.3 Å². The number of amides is 1. The highest BCUT2D eigenvalue weighted by Crippen LogP contribution is 2.42. The van der Waals surface area contributed by atoms with E-state index in [1.54, 1.807) is 0 Å². The van der Waals surface area contributed by atoms with Crippen LogP contribution in [0.5, 0.6) is 0 Å². The molecular weight excluding hydrogens is 418 g/mol. The summed E-state index contributed by atoms with van der Waals surface area (Å²) in [4.78, 5) is 13.4. The lowest BCUT2D eigenvalue weighted by molar-refractivity contribution is -0.137. The second-order valence-corrected chi connectivity index (χ2v) is 9.64. The Morgan fingerprint density at radius 1 is 0.938 bits per heavy atom. The molecule has 172 valence electrons. The summed E-state index contributed by atoms with van der Waals surface area (Å²) >= 11 is 0. The van der Waals surface area contributed by atoms with Gasteiger partial charge in [0.25, 0.3) is 0 Å². The summed E-state index contributed by atoms with van der Waals surface area (Å²) < 4.78 is 50.8. The summed E-state index contributed by atoms with van der Waals surface area (Å²) in [5.74, 6) is -0.309. The van der Waals surface area contributed by atoms with Crippen molar-refractivity contribution < 1.29 is 27.3 Å². The lowest BCUT2D eigenvalue weighted by atomic mass is 9.65. The Kier molecular flexibility index (Phi) is 6.51.